The van der Waals surface area contributed by atoms with Crippen LogP contribution in [0.25, 0.3) is 0 Å². The van der Waals surface area contributed by atoms with E-state index in [9.17, 15) is 0 Å². The fraction of sp³-hybridized carbons (Fsp3) is 0.714. The van der Waals surface area contributed by atoms with Gasteiger partial charge >= 0.3 is 0 Å². The highest BCUT2D eigenvalue weighted by Gasteiger charge is 2.38. The molecule has 0 aliphatic carbocycles. The van der Waals surface area contributed by atoms with Crippen LogP contribution in [0.5, 0.6) is 5.88 Å². The molecule has 0 radical (unpaired) electrons. The summed E-state index contributed by atoms with van der Waals surface area (Å²) in [5, 5.41) is 3.52. The van der Waals surface area contributed by atoms with Crippen molar-refractivity contribution in [3.05, 3.63) is 18.1 Å². The summed E-state index contributed by atoms with van der Waals surface area (Å²) in [4.78, 5) is 8.37. The van der Waals surface area contributed by atoms with E-state index in [-0.39, 0.29) is 11.6 Å². The van der Waals surface area contributed by atoms with E-state index in [1.165, 1.54) is 0 Å². The lowest BCUT2D eigenvalue weighted by molar-refractivity contribution is -0.0113. The molecule has 1 aliphatic rings. The Morgan fingerprint density at radius 1 is 1.53 bits per heavy atom. The lowest BCUT2D eigenvalue weighted by Crippen LogP contribution is -2.49. The monoisotopic (exact) mass is 265 g/mol. The zero-order valence-electron chi connectivity index (χ0n) is 12.0. The number of nitrogens with zero attached hydrogens (tertiary/aromatic N) is 2. The van der Waals surface area contributed by atoms with Gasteiger partial charge in [0.15, 0.2) is 0 Å². The zero-order valence-corrected chi connectivity index (χ0v) is 12.0. The maximum Gasteiger partial charge on any atom is 0.216 e. The molecule has 5 heteroatoms. The first-order chi connectivity index (χ1) is 9.18. The molecule has 2 atom stereocenters. The van der Waals surface area contributed by atoms with Gasteiger partial charge in [-0.05, 0) is 26.3 Å². The molecule has 106 valence electrons. The fourth-order valence-electron chi connectivity index (χ4n) is 2.64. The first kappa shape index (κ1) is 14.2. The third-order valence-corrected chi connectivity index (χ3v) is 3.76. The second-order valence-electron chi connectivity index (χ2n) is 5.13. The van der Waals surface area contributed by atoms with Crippen LogP contribution in [-0.2, 0) is 11.2 Å². The van der Waals surface area contributed by atoms with Crippen molar-refractivity contribution in [3.63, 3.8) is 0 Å². The van der Waals surface area contributed by atoms with Gasteiger partial charge in [-0.3, -0.25) is 0 Å². The first-order valence-electron chi connectivity index (χ1n) is 6.90. The summed E-state index contributed by atoms with van der Waals surface area (Å²) in [6.45, 7) is 6.08. The van der Waals surface area contributed by atoms with Gasteiger partial charge in [0.05, 0.1) is 12.7 Å². The molecule has 0 bridgehead atoms. The molecule has 5 nitrogen and oxygen atoms in total. The maximum absolute atomic E-state index is 5.95. The van der Waals surface area contributed by atoms with E-state index >= 15 is 0 Å². The molecule has 0 saturated carbocycles. The van der Waals surface area contributed by atoms with E-state index in [4.69, 9.17) is 9.47 Å². The van der Waals surface area contributed by atoms with Crippen molar-refractivity contribution in [1.29, 1.82) is 0 Å². The van der Waals surface area contributed by atoms with Crippen molar-refractivity contribution in [3.8, 4) is 5.88 Å². The van der Waals surface area contributed by atoms with E-state index in [1.54, 1.807) is 13.4 Å². The molecule has 2 rings (SSSR count). The van der Waals surface area contributed by atoms with Gasteiger partial charge in [0.25, 0.3) is 0 Å². The third kappa shape index (κ3) is 3.42. The van der Waals surface area contributed by atoms with Crippen molar-refractivity contribution in [2.75, 3.05) is 20.3 Å². The number of aromatic nitrogens is 2. The van der Waals surface area contributed by atoms with Crippen LogP contribution in [0.3, 0.4) is 0 Å². The molecule has 19 heavy (non-hydrogen) atoms. The van der Waals surface area contributed by atoms with Gasteiger partial charge in [-0.2, -0.15) is 0 Å². The average molecular weight is 265 g/mol. The molecule has 1 N–H and O–H groups in total. The molecule has 0 amide bonds. The minimum Gasteiger partial charge on any atom is -0.481 e. The summed E-state index contributed by atoms with van der Waals surface area (Å²) in [7, 11) is 1.62. The molecule has 2 heterocycles. The van der Waals surface area contributed by atoms with Gasteiger partial charge in [-0.15, -0.1) is 0 Å². The van der Waals surface area contributed by atoms with Gasteiger partial charge in [0.2, 0.25) is 5.88 Å². The molecule has 1 fully saturated rings. The standard InChI is InChI=1S/C14H23N3O2/c1-4-15-12(14(2)6-5-7-19-14)8-11-9-13(18-3)17-10-16-11/h9-10,12,15H,4-8H2,1-3H3. The fourth-order valence-corrected chi connectivity index (χ4v) is 2.64. The molecular weight excluding hydrogens is 242 g/mol. The number of hydrogen-bond acceptors (Lipinski definition) is 5. The van der Waals surface area contributed by atoms with Crippen LogP contribution in [0.4, 0.5) is 0 Å². The average Bonchev–Trinajstić information content (AvgIpc) is 2.87. The number of hydrogen-bond donors (Lipinski definition) is 1. The van der Waals surface area contributed by atoms with Gasteiger partial charge in [-0.25, -0.2) is 9.97 Å². The van der Waals surface area contributed by atoms with Crippen LogP contribution in [0.15, 0.2) is 12.4 Å². The summed E-state index contributed by atoms with van der Waals surface area (Å²) in [5.74, 6) is 0.609. The zero-order chi connectivity index (χ0) is 13.7. The van der Waals surface area contributed by atoms with Crippen LogP contribution >= 0.6 is 0 Å². The first-order valence-corrected chi connectivity index (χ1v) is 6.90. The van der Waals surface area contributed by atoms with Crippen molar-refractivity contribution in [2.24, 2.45) is 0 Å². The number of methoxy groups -OCH3 is 1. The molecule has 0 aromatic carbocycles. The highest BCUT2D eigenvalue weighted by atomic mass is 16.5. The number of nitrogens with one attached hydrogen (secondary N) is 1. The smallest absolute Gasteiger partial charge is 0.216 e. The maximum atomic E-state index is 5.95. The second kappa shape index (κ2) is 6.30. The van der Waals surface area contributed by atoms with E-state index < -0.39 is 0 Å². The van der Waals surface area contributed by atoms with Crippen molar-refractivity contribution >= 4 is 0 Å². The second-order valence-corrected chi connectivity index (χ2v) is 5.13. The van der Waals surface area contributed by atoms with Crippen LogP contribution in [0, 0.1) is 0 Å². The highest BCUT2D eigenvalue weighted by molar-refractivity contribution is 5.15. The molecule has 0 spiro atoms. The van der Waals surface area contributed by atoms with Gasteiger partial charge < -0.3 is 14.8 Å². The van der Waals surface area contributed by atoms with Crippen LogP contribution in [-0.4, -0.2) is 41.9 Å². The quantitative estimate of drug-likeness (QED) is 0.846. The Hall–Kier alpha value is -1.20. The molecular formula is C14H23N3O2. The summed E-state index contributed by atoms with van der Waals surface area (Å²) in [5.41, 5.74) is 0.878. The van der Waals surface area contributed by atoms with Crippen molar-refractivity contribution < 1.29 is 9.47 Å². The summed E-state index contributed by atoms with van der Waals surface area (Å²) < 4.78 is 11.1. The highest BCUT2D eigenvalue weighted by Crippen LogP contribution is 2.30. The number of likely N-dealkylation sites (N-methyl/N-ethyl adjacent to an activating group) is 1. The lowest BCUT2D eigenvalue weighted by atomic mass is 9.89. The molecule has 1 saturated heterocycles. The SMILES string of the molecule is CCNC(Cc1cc(OC)ncn1)C1(C)CCCO1. The molecule has 1 aliphatic heterocycles. The summed E-state index contributed by atoms with van der Waals surface area (Å²) in [6, 6.07) is 2.16. The minimum atomic E-state index is -0.103. The van der Waals surface area contributed by atoms with E-state index in [1.807, 2.05) is 6.07 Å². The topological polar surface area (TPSA) is 56.3 Å². The van der Waals surface area contributed by atoms with Gasteiger partial charge in [-0.1, -0.05) is 6.92 Å². The Labute approximate surface area is 114 Å². The normalized spacial score (nSPS) is 24.4. The van der Waals surface area contributed by atoms with Crippen LogP contribution in [0.1, 0.15) is 32.4 Å². The summed E-state index contributed by atoms with van der Waals surface area (Å²) in [6.07, 6.45) is 4.59. The van der Waals surface area contributed by atoms with Crippen molar-refractivity contribution in [1.82, 2.24) is 15.3 Å². The summed E-state index contributed by atoms with van der Waals surface area (Å²) >= 11 is 0. The Morgan fingerprint density at radius 3 is 3.00 bits per heavy atom. The number of ether oxygens (including phenoxy) is 2. The Morgan fingerprint density at radius 2 is 2.37 bits per heavy atom. The van der Waals surface area contributed by atoms with Crippen LogP contribution in [0.2, 0.25) is 0 Å². The minimum absolute atomic E-state index is 0.103. The number of rotatable bonds is 6. The van der Waals surface area contributed by atoms with Crippen molar-refractivity contribution in [2.45, 2.75) is 44.8 Å². The van der Waals surface area contributed by atoms with E-state index in [2.05, 4.69) is 29.1 Å². The van der Waals surface area contributed by atoms with E-state index in [0.29, 0.717) is 5.88 Å². The van der Waals surface area contributed by atoms with E-state index in [0.717, 1.165) is 38.1 Å². The largest absolute Gasteiger partial charge is 0.481 e. The molecule has 1 aromatic heterocycles. The Kier molecular flexibility index (Phi) is 4.71. The van der Waals surface area contributed by atoms with Gasteiger partial charge in [0.1, 0.15) is 6.33 Å². The molecule has 1 aromatic rings. The lowest BCUT2D eigenvalue weighted by Gasteiger charge is -2.33. The predicted octanol–water partition coefficient (Wildman–Crippen LogP) is 1.57. The van der Waals surface area contributed by atoms with Gasteiger partial charge in [0, 0.05) is 30.8 Å². The van der Waals surface area contributed by atoms with Crippen LogP contribution < -0.4 is 10.1 Å². The Bertz CT molecular complexity index is 405. The Balaban J connectivity index is 2.11. The third-order valence-electron chi connectivity index (χ3n) is 3.76. The molecule has 2 unspecified atom stereocenters. The predicted molar refractivity (Wildman–Crippen MR) is 73.3 cm³/mol.